The summed E-state index contributed by atoms with van der Waals surface area (Å²) in [6.07, 6.45) is 0. The van der Waals surface area contributed by atoms with Crippen molar-refractivity contribution in [1.29, 1.82) is 0 Å². The molecule has 1 amide bonds. The van der Waals surface area contributed by atoms with Gasteiger partial charge in [-0.1, -0.05) is 23.2 Å². The molecular formula is C13H12Cl2N2OS. The Bertz CT molecular complexity index is 612. The van der Waals surface area contributed by atoms with Crippen molar-refractivity contribution in [2.45, 2.75) is 6.54 Å². The largest absolute Gasteiger partial charge is 0.398 e. The van der Waals surface area contributed by atoms with Crippen LogP contribution in [-0.2, 0) is 6.54 Å². The normalized spacial score (nSPS) is 10.5. The van der Waals surface area contributed by atoms with Crippen molar-refractivity contribution < 1.29 is 4.79 Å². The summed E-state index contributed by atoms with van der Waals surface area (Å²) in [6, 6.07) is 8.61. The van der Waals surface area contributed by atoms with E-state index in [4.69, 9.17) is 28.9 Å². The lowest BCUT2D eigenvalue weighted by molar-refractivity contribution is 0.0786. The van der Waals surface area contributed by atoms with E-state index in [1.165, 1.54) is 11.3 Å². The molecule has 19 heavy (non-hydrogen) atoms. The van der Waals surface area contributed by atoms with Crippen LogP contribution in [0.25, 0.3) is 0 Å². The third-order valence-electron chi connectivity index (χ3n) is 2.61. The van der Waals surface area contributed by atoms with Gasteiger partial charge in [0.25, 0.3) is 5.91 Å². The van der Waals surface area contributed by atoms with Crippen LogP contribution >= 0.6 is 34.5 Å². The summed E-state index contributed by atoms with van der Waals surface area (Å²) in [7, 11) is 1.74. The summed E-state index contributed by atoms with van der Waals surface area (Å²) in [5.41, 5.74) is 6.62. The number of nitrogens with two attached hydrogens (primary N) is 1. The Kier molecular flexibility index (Phi) is 4.34. The number of hydrogen-bond donors (Lipinski definition) is 1. The highest BCUT2D eigenvalue weighted by Crippen LogP contribution is 2.24. The second-order valence-corrected chi connectivity index (χ2v) is 6.31. The average Bonchev–Trinajstić information content (AvgIpc) is 2.77. The van der Waals surface area contributed by atoms with Gasteiger partial charge in [-0.3, -0.25) is 4.79 Å². The van der Waals surface area contributed by atoms with E-state index < -0.39 is 0 Å². The molecule has 0 aliphatic heterocycles. The molecule has 2 aromatic rings. The van der Waals surface area contributed by atoms with Crippen molar-refractivity contribution in [3.05, 3.63) is 50.1 Å². The topological polar surface area (TPSA) is 46.3 Å². The van der Waals surface area contributed by atoms with E-state index >= 15 is 0 Å². The zero-order valence-corrected chi connectivity index (χ0v) is 12.5. The van der Waals surface area contributed by atoms with Crippen molar-refractivity contribution in [2.24, 2.45) is 0 Å². The predicted octanol–water partition coefficient (Wildman–Crippen LogP) is 3.91. The van der Waals surface area contributed by atoms with E-state index in [9.17, 15) is 4.79 Å². The number of nitrogen functional groups attached to an aromatic ring is 1. The molecule has 0 fully saturated rings. The van der Waals surface area contributed by atoms with E-state index in [2.05, 4.69) is 0 Å². The fourth-order valence-electron chi connectivity index (χ4n) is 1.64. The van der Waals surface area contributed by atoms with Gasteiger partial charge in [0.2, 0.25) is 0 Å². The molecule has 6 heteroatoms. The third-order valence-corrected chi connectivity index (χ3v) is 4.17. The molecule has 0 atom stereocenters. The molecule has 0 aliphatic carbocycles. The van der Waals surface area contributed by atoms with Crippen LogP contribution in [0, 0.1) is 0 Å². The molecule has 2 N–H and O–H groups in total. The van der Waals surface area contributed by atoms with Crippen LogP contribution in [0.15, 0.2) is 30.3 Å². The zero-order valence-electron chi connectivity index (χ0n) is 10.2. The van der Waals surface area contributed by atoms with Gasteiger partial charge >= 0.3 is 0 Å². The maximum atomic E-state index is 12.2. The summed E-state index contributed by atoms with van der Waals surface area (Å²) in [6.45, 7) is 0.513. The number of nitrogens with zero attached hydrogens (tertiary/aromatic N) is 1. The fraction of sp³-hybridized carbons (Fsp3) is 0.154. The van der Waals surface area contributed by atoms with Gasteiger partial charge in [-0.05, 0) is 30.3 Å². The number of hydrogen-bond acceptors (Lipinski definition) is 3. The highest BCUT2D eigenvalue weighted by Gasteiger charge is 2.14. The Morgan fingerprint density at radius 2 is 2.05 bits per heavy atom. The first-order chi connectivity index (χ1) is 8.97. The fourth-order valence-corrected chi connectivity index (χ4v) is 2.90. The molecule has 100 valence electrons. The second-order valence-electron chi connectivity index (χ2n) is 4.10. The van der Waals surface area contributed by atoms with Gasteiger partial charge in [-0.2, -0.15) is 0 Å². The minimum absolute atomic E-state index is 0.104. The molecule has 0 saturated heterocycles. The third kappa shape index (κ3) is 3.41. The minimum atomic E-state index is -0.104. The first-order valence-electron chi connectivity index (χ1n) is 5.52. The van der Waals surface area contributed by atoms with E-state index in [0.29, 0.717) is 27.2 Å². The molecule has 0 aliphatic rings. The van der Waals surface area contributed by atoms with Crippen LogP contribution in [-0.4, -0.2) is 17.9 Å². The Hall–Kier alpha value is -1.23. The summed E-state index contributed by atoms with van der Waals surface area (Å²) >= 11 is 13.2. The molecule has 0 spiro atoms. The van der Waals surface area contributed by atoms with Gasteiger partial charge in [-0.15, -0.1) is 11.3 Å². The van der Waals surface area contributed by atoms with Crippen molar-refractivity contribution in [3.63, 3.8) is 0 Å². The Labute approximate surface area is 125 Å². The monoisotopic (exact) mass is 314 g/mol. The quantitative estimate of drug-likeness (QED) is 0.873. The maximum Gasteiger partial charge on any atom is 0.253 e. The van der Waals surface area contributed by atoms with Crippen LogP contribution in [0.3, 0.4) is 0 Å². The Morgan fingerprint density at radius 1 is 1.32 bits per heavy atom. The van der Waals surface area contributed by atoms with Gasteiger partial charge in [-0.25, -0.2) is 0 Å². The van der Waals surface area contributed by atoms with Crippen molar-refractivity contribution in [3.8, 4) is 0 Å². The number of halogens is 2. The molecule has 3 nitrogen and oxygen atoms in total. The molecule has 0 saturated carbocycles. The van der Waals surface area contributed by atoms with E-state index in [1.54, 1.807) is 30.1 Å². The lowest BCUT2D eigenvalue weighted by Gasteiger charge is -2.16. The van der Waals surface area contributed by atoms with Gasteiger partial charge in [0.05, 0.1) is 21.6 Å². The second kappa shape index (κ2) is 5.82. The van der Waals surface area contributed by atoms with Crippen LogP contribution in [0.1, 0.15) is 15.2 Å². The van der Waals surface area contributed by atoms with Crippen molar-refractivity contribution >= 4 is 46.1 Å². The predicted molar refractivity (Wildman–Crippen MR) is 81.0 cm³/mol. The standard InChI is InChI=1S/C13H12Cl2N2OS/c1-17(7-9-3-5-12(15)19-9)13(18)8-2-4-10(14)11(16)6-8/h2-6H,7,16H2,1H3. The average molecular weight is 315 g/mol. The van der Waals surface area contributed by atoms with E-state index in [-0.39, 0.29) is 5.91 Å². The van der Waals surface area contributed by atoms with Crippen LogP contribution in [0.5, 0.6) is 0 Å². The van der Waals surface area contributed by atoms with Crippen LogP contribution in [0.2, 0.25) is 9.36 Å². The van der Waals surface area contributed by atoms with E-state index in [0.717, 1.165) is 4.88 Å². The van der Waals surface area contributed by atoms with Gasteiger partial charge in [0, 0.05) is 17.5 Å². The summed E-state index contributed by atoms with van der Waals surface area (Å²) in [5.74, 6) is -0.104. The Morgan fingerprint density at radius 3 is 2.63 bits per heavy atom. The number of amides is 1. The lowest BCUT2D eigenvalue weighted by atomic mass is 10.2. The summed E-state index contributed by atoms with van der Waals surface area (Å²) < 4.78 is 0.714. The molecule has 0 radical (unpaired) electrons. The number of carbonyl (C=O) groups excluding carboxylic acids is 1. The first kappa shape index (κ1) is 14.2. The maximum absolute atomic E-state index is 12.2. The van der Waals surface area contributed by atoms with E-state index in [1.807, 2.05) is 12.1 Å². The van der Waals surface area contributed by atoms with Gasteiger partial charge in [0.15, 0.2) is 0 Å². The van der Waals surface area contributed by atoms with Gasteiger partial charge < -0.3 is 10.6 Å². The smallest absolute Gasteiger partial charge is 0.253 e. The Balaban J connectivity index is 2.12. The van der Waals surface area contributed by atoms with Crippen LogP contribution in [0.4, 0.5) is 5.69 Å². The number of benzene rings is 1. The number of anilines is 1. The number of carbonyl (C=O) groups is 1. The van der Waals surface area contributed by atoms with Crippen molar-refractivity contribution in [2.75, 3.05) is 12.8 Å². The molecule has 1 heterocycles. The molecule has 2 rings (SSSR count). The molecule has 0 unspecified atom stereocenters. The number of rotatable bonds is 3. The summed E-state index contributed by atoms with van der Waals surface area (Å²) in [5, 5.41) is 0.448. The highest BCUT2D eigenvalue weighted by atomic mass is 35.5. The minimum Gasteiger partial charge on any atom is -0.398 e. The molecule has 0 bridgehead atoms. The zero-order chi connectivity index (χ0) is 14.0. The molecule has 1 aromatic carbocycles. The summed E-state index contributed by atoms with van der Waals surface area (Å²) in [4.78, 5) is 14.9. The van der Waals surface area contributed by atoms with Crippen LogP contribution < -0.4 is 5.73 Å². The first-order valence-corrected chi connectivity index (χ1v) is 7.09. The van der Waals surface area contributed by atoms with Crippen molar-refractivity contribution in [1.82, 2.24) is 4.90 Å². The molecular weight excluding hydrogens is 303 g/mol. The number of thiophene rings is 1. The van der Waals surface area contributed by atoms with Gasteiger partial charge in [0.1, 0.15) is 0 Å². The lowest BCUT2D eigenvalue weighted by Crippen LogP contribution is -2.25. The SMILES string of the molecule is CN(Cc1ccc(Cl)s1)C(=O)c1ccc(Cl)c(N)c1. The highest BCUT2D eigenvalue weighted by molar-refractivity contribution is 7.16. The molecule has 1 aromatic heterocycles.